The van der Waals surface area contributed by atoms with E-state index in [1.807, 2.05) is 19.1 Å². The fraction of sp³-hybridized carbons (Fsp3) is 0.389. The van der Waals surface area contributed by atoms with Crippen molar-refractivity contribution in [1.29, 1.82) is 0 Å². The second kappa shape index (κ2) is 5.61. The Morgan fingerprint density at radius 2 is 2.00 bits per heavy atom. The van der Waals surface area contributed by atoms with Gasteiger partial charge >= 0.3 is 0 Å². The first-order valence-corrected chi connectivity index (χ1v) is 8.54. The highest BCUT2D eigenvalue weighted by atomic mass is 16.3. The van der Waals surface area contributed by atoms with E-state index in [1.54, 1.807) is 0 Å². The van der Waals surface area contributed by atoms with Crippen LogP contribution in [0.15, 0.2) is 18.5 Å². The summed E-state index contributed by atoms with van der Waals surface area (Å²) in [6.07, 6.45) is 6.64. The summed E-state index contributed by atoms with van der Waals surface area (Å²) >= 11 is 0. The monoisotopic (exact) mass is 339 g/mol. The minimum absolute atomic E-state index is 0.00933. The maximum absolute atomic E-state index is 12.5. The van der Waals surface area contributed by atoms with E-state index in [-0.39, 0.29) is 28.8 Å². The number of carbonyl (C=O) groups excluding carboxylic acids is 1. The predicted octanol–water partition coefficient (Wildman–Crippen LogP) is 2.72. The molecular formula is C18H21N5O2. The van der Waals surface area contributed by atoms with Crippen LogP contribution in [0.2, 0.25) is 0 Å². The van der Waals surface area contributed by atoms with Crippen LogP contribution < -0.4 is 16.4 Å². The molecule has 2 heterocycles. The van der Waals surface area contributed by atoms with Gasteiger partial charge in [0.25, 0.3) is 5.91 Å². The largest absolute Gasteiger partial charge is 0.502 e. The molecule has 1 saturated carbocycles. The molecule has 0 unspecified atom stereocenters. The number of carbonyl (C=O) groups is 1. The topological polar surface area (TPSA) is 113 Å². The lowest BCUT2D eigenvalue weighted by atomic mass is 9.77. The number of amides is 1. The first-order chi connectivity index (χ1) is 12.0. The second-order valence-electron chi connectivity index (χ2n) is 6.89. The Morgan fingerprint density at radius 3 is 2.76 bits per heavy atom. The van der Waals surface area contributed by atoms with E-state index in [1.165, 1.54) is 12.7 Å². The molecule has 1 amide bonds. The summed E-state index contributed by atoms with van der Waals surface area (Å²) < 4.78 is 0. The number of nitrogens with zero attached hydrogens (tertiary/aromatic N) is 2. The number of benzene rings is 1. The third-order valence-corrected chi connectivity index (χ3v) is 5.25. The Bertz CT molecular complexity index is 859. The molecule has 1 fully saturated rings. The Morgan fingerprint density at radius 1 is 1.24 bits per heavy atom. The summed E-state index contributed by atoms with van der Waals surface area (Å²) in [5.41, 5.74) is 8.86. The minimum atomic E-state index is -0.264. The Hall–Kier alpha value is -2.83. The molecule has 1 spiro atoms. The van der Waals surface area contributed by atoms with Gasteiger partial charge in [-0.1, -0.05) is 19.3 Å². The number of rotatable bonds is 2. The van der Waals surface area contributed by atoms with Crippen molar-refractivity contribution in [3.8, 4) is 5.75 Å². The smallest absolute Gasteiger partial charge is 0.252 e. The van der Waals surface area contributed by atoms with Crippen LogP contribution in [0.4, 0.5) is 17.3 Å². The summed E-state index contributed by atoms with van der Waals surface area (Å²) in [5, 5.41) is 16.4. The molecular weight excluding hydrogens is 318 g/mol. The number of anilines is 3. The molecule has 0 bridgehead atoms. The van der Waals surface area contributed by atoms with Crippen molar-refractivity contribution in [2.45, 2.75) is 44.6 Å². The van der Waals surface area contributed by atoms with Gasteiger partial charge in [-0.25, -0.2) is 9.97 Å². The highest BCUT2D eigenvalue weighted by Gasteiger charge is 2.44. The average molecular weight is 339 g/mol. The molecule has 2 aromatic rings. The fourth-order valence-corrected chi connectivity index (χ4v) is 4.06. The van der Waals surface area contributed by atoms with Crippen LogP contribution in [0.1, 0.15) is 53.6 Å². The van der Waals surface area contributed by atoms with E-state index in [4.69, 9.17) is 5.73 Å². The Labute approximate surface area is 145 Å². The first-order valence-electron chi connectivity index (χ1n) is 8.54. The molecule has 0 radical (unpaired) electrons. The fourth-order valence-electron chi connectivity index (χ4n) is 4.06. The number of nitrogens with two attached hydrogens (primary N) is 1. The molecule has 1 aromatic heterocycles. The van der Waals surface area contributed by atoms with Crippen LogP contribution >= 0.6 is 0 Å². The van der Waals surface area contributed by atoms with Crippen molar-refractivity contribution in [1.82, 2.24) is 15.3 Å². The van der Waals surface area contributed by atoms with E-state index < -0.39 is 0 Å². The number of hydrogen-bond donors (Lipinski definition) is 4. The van der Waals surface area contributed by atoms with Gasteiger partial charge in [-0.2, -0.15) is 0 Å². The van der Waals surface area contributed by atoms with Gasteiger partial charge in [-0.3, -0.25) is 4.79 Å². The van der Waals surface area contributed by atoms with Crippen LogP contribution in [0.5, 0.6) is 5.75 Å². The zero-order valence-corrected chi connectivity index (χ0v) is 14.1. The molecule has 0 atom stereocenters. The number of nitrogen functional groups attached to an aromatic ring is 1. The lowest BCUT2D eigenvalue weighted by Gasteiger charge is -2.34. The van der Waals surface area contributed by atoms with Gasteiger partial charge in [0.05, 0.1) is 5.54 Å². The Balaban J connectivity index is 1.77. The molecule has 130 valence electrons. The number of aromatic nitrogens is 2. The highest BCUT2D eigenvalue weighted by molar-refractivity contribution is 6.02. The Kier molecular flexibility index (Phi) is 3.52. The van der Waals surface area contributed by atoms with Crippen molar-refractivity contribution >= 4 is 23.2 Å². The van der Waals surface area contributed by atoms with E-state index in [2.05, 4.69) is 20.6 Å². The third kappa shape index (κ3) is 2.47. The van der Waals surface area contributed by atoms with Crippen LogP contribution in [0, 0.1) is 6.92 Å². The molecule has 5 N–H and O–H groups in total. The molecule has 1 aliphatic heterocycles. The normalized spacial score (nSPS) is 18.0. The van der Waals surface area contributed by atoms with Gasteiger partial charge in [-0.15, -0.1) is 0 Å². The predicted molar refractivity (Wildman–Crippen MR) is 94.8 cm³/mol. The number of aryl methyl sites for hydroxylation is 1. The maximum atomic E-state index is 12.5. The van der Waals surface area contributed by atoms with Gasteiger partial charge in [0, 0.05) is 11.3 Å². The lowest BCUT2D eigenvalue weighted by molar-refractivity contribution is 0.0909. The summed E-state index contributed by atoms with van der Waals surface area (Å²) in [5.74, 6) is 0.107. The van der Waals surface area contributed by atoms with E-state index >= 15 is 0 Å². The van der Waals surface area contributed by atoms with E-state index in [0.29, 0.717) is 0 Å². The molecule has 2 aliphatic rings. The summed E-state index contributed by atoms with van der Waals surface area (Å²) in [6, 6.07) is 3.88. The van der Waals surface area contributed by atoms with Crippen LogP contribution in [-0.2, 0) is 5.54 Å². The lowest BCUT2D eigenvalue weighted by Crippen LogP contribution is -2.40. The van der Waals surface area contributed by atoms with Crippen LogP contribution in [-0.4, -0.2) is 21.0 Å². The van der Waals surface area contributed by atoms with E-state index in [0.717, 1.165) is 48.1 Å². The zero-order chi connectivity index (χ0) is 17.6. The molecule has 1 aromatic carbocycles. The zero-order valence-electron chi connectivity index (χ0n) is 14.1. The van der Waals surface area contributed by atoms with Gasteiger partial charge in [0.2, 0.25) is 5.75 Å². The first kappa shape index (κ1) is 15.7. The second-order valence-corrected chi connectivity index (χ2v) is 6.89. The molecule has 7 heteroatoms. The number of aromatic hydroxyl groups is 1. The SMILES string of the molecule is Cc1cc(Nc2ncnc(N)c2O)cc2c1C(=O)NC21CCCCC1. The van der Waals surface area contributed by atoms with Crippen LogP contribution in [0.3, 0.4) is 0 Å². The van der Waals surface area contributed by atoms with Gasteiger partial charge in [0.1, 0.15) is 6.33 Å². The van der Waals surface area contributed by atoms with Crippen LogP contribution in [0.25, 0.3) is 0 Å². The van der Waals surface area contributed by atoms with Crippen molar-refractivity contribution in [3.05, 3.63) is 35.2 Å². The number of hydrogen-bond acceptors (Lipinski definition) is 6. The minimum Gasteiger partial charge on any atom is -0.502 e. The summed E-state index contributed by atoms with van der Waals surface area (Å²) in [6.45, 7) is 1.93. The highest BCUT2D eigenvalue weighted by Crippen LogP contribution is 2.44. The van der Waals surface area contributed by atoms with Crippen molar-refractivity contribution in [2.24, 2.45) is 0 Å². The summed E-state index contributed by atoms with van der Waals surface area (Å²) in [4.78, 5) is 20.3. The van der Waals surface area contributed by atoms with Crippen molar-refractivity contribution in [3.63, 3.8) is 0 Å². The molecule has 1 aliphatic carbocycles. The summed E-state index contributed by atoms with van der Waals surface area (Å²) in [7, 11) is 0. The maximum Gasteiger partial charge on any atom is 0.252 e. The van der Waals surface area contributed by atoms with Crippen molar-refractivity contribution in [2.75, 3.05) is 11.1 Å². The molecule has 7 nitrogen and oxygen atoms in total. The molecule has 0 saturated heterocycles. The third-order valence-electron chi connectivity index (χ3n) is 5.25. The van der Waals surface area contributed by atoms with E-state index in [9.17, 15) is 9.90 Å². The average Bonchev–Trinajstić information content (AvgIpc) is 2.85. The van der Waals surface area contributed by atoms with Gasteiger partial charge in [-0.05, 0) is 43.0 Å². The number of nitrogens with one attached hydrogen (secondary N) is 2. The molecule has 25 heavy (non-hydrogen) atoms. The number of fused-ring (bicyclic) bond motifs is 2. The van der Waals surface area contributed by atoms with Gasteiger partial charge in [0.15, 0.2) is 11.6 Å². The molecule has 4 rings (SSSR count). The van der Waals surface area contributed by atoms with Crippen molar-refractivity contribution < 1.29 is 9.90 Å². The van der Waals surface area contributed by atoms with Gasteiger partial charge < -0.3 is 21.5 Å². The quantitative estimate of drug-likeness (QED) is 0.669. The standard InChI is InChI=1S/C18H21N5O2/c1-10-7-11(22-16-14(24)15(19)20-9-21-16)8-12-13(10)17(25)23-18(12)5-3-2-4-6-18/h7-9,24H,2-6H2,1H3,(H,23,25)(H3,19,20,21,22).